The minimum atomic E-state index is -1.55. The van der Waals surface area contributed by atoms with E-state index in [1.54, 1.807) is 14.0 Å². The molecule has 11 nitrogen and oxygen atoms in total. The monoisotopic (exact) mass is 724 g/mol. The summed E-state index contributed by atoms with van der Waals surface area (Å²) in [6, 6.07) is 0. The second kappa shape index (κ2) is 14.6. The largest absolute Gasteiger partial charge is 0.481 e. The van der Waals surface area contributed by atoms with Crippen LogP contribution in [-0.4, -0.2) is 107 Å². The van der Waals surface area contributed by atoms with Gasteiger partial charge in [-0.25, -0.2) is 0 Å². The van der Waals surface area contributed by atoms with Crippen molar-refractivity contribution in [3.8, 4) is 0 Å². The number of ether oxygens (including phenoxy) is 7. The molecule has 6 fully saturated rings. The highest BCUT2D eigenvalue weighted by molar-refractivity contribution is 5.70. The molecular weight excluding hydrogens is 656 g/mol. The minimum absolute atomic E-state index is 0.00727. The Labute approximate surface area is 305 Å². The van der Waals surface area contributed by atoms with E-state index >= 15 is 0 Å². The van der Waals surface area contributed by atoms with Gasteiger partial charge in [-0.15, -0.1) is 0 Å². The third-order valence-electron chi connectivity index (χ3n) is 14.4. The number of carbonyl (C=O) groups is 1. The number of hydrogen-bond acceptors (Lipinski definition) is 10. The fourth-order valence-electron chi connectivity index (χ4n) is 11.3. The molecule has 19 atom stereocenters. The summed E-state index contributed by atoms with van der Waals surface area (Å²) in [4.78, 5) is 11.8. The minimum Gasteiger partial charge on any atom is -0.481 e. The Bertz CT molecular complexity index is 1230. The summed E-state index contributed by atoms with van der Waals surface area (Å²) >= 11 is 0. The second-order valence-electron chi connectivity index (χ2n) is 18.4. The summed E-state index contributed by atoms with van der Waals surface area (Å²) < 4.78 is 47.0. The maximum absolute atomic E-state index is 11.8. The van der Waals surface area contributed by atoms with E-state index in [-0.39, 0.29) is 84.3 Å². The summed E-state index contributed by atoms with van der Waals surface area (Å²) in [7, 11) is 1.77. The Hall–Kier alpha value is -0.890. The average molecular weight is 725 g/mol. The van der Waals surface area contributed by atoms with E-state index in [2.05, 4.69) is 48.5 Å². The van der Waals surface area contributed by atoms with Crippen LogP contribution in [0.2, 0.25) is 0 Å². The summed E-state index contributed by atoms with van der Waals surface area (Å²) in [5.41, 5.74) is -1.10. The molecule has 294 valence electrons. The second-order valence-corrected chi connectivity index (χ2v) is 18.4. The first-order valence-corrected chi connectivity index (χ1v) is 20.0. The molecule has 3 N–H and O–H groups in total. The molecule has 0 saturated carbocycles. The van der Waals surface area contributed by atoms with Gasteiger partial charge in [0.25, 0.3) is 0 Å². The van der Waals surface area contributed by atoms with E-state index in [0.29, 0.717) is 6.42 Å². The molecule has 6 aliphatic heterocycles. The molecule has 6 aliphatic rings. The fourth-order valence-corrected chi connectivity index (χ4v) is 11.3. The molecule has 0 aliphatic carbocycles. The van der Waals surface area contributed by atoms with Gasteiger partial charge in [0.05, 0.1) is 72.6 Å². The van der Waals surface area contributed by atoms with Gasteiger partial charge in [0.1, 0.15) is 0 Å². The smallest absolute Gasteiger partial charge is 0.308 e. The molecular formula is C40H68O11. The molecule has 6 saturated heterocycles. The molecule has 6 rings (SSSR count). The molecule has 0 aromatic rings. The number of methoxy groups -OCH3 is 1. The van der Waals surface area contributed by atoms with Crippen LogP contribution in [0.25, 0.3) is 0 Å². The number of aliphatic carboxylic acids is 1. The third kappa shape index (κ3) is 7.19. The quantitative estimate of drug-likeness (QED) is 0.269. The lowest BCUT2D eigenvalue weighted by molar-refractivity contribution is -0.353. The Morgan fingerprint density at radius 2 is 1.59 bits per heavy atom. The fraction of sp³-hybridized carbons (Fsp3) is 0.975. The topological polar surface area (TPSA) is 142 Å². The summed E-state index contributed by atoms with van der Waals surface area (Å²) in [5, 5.41) is 30.7. The molecule has 6 heterocycles. The van der Waals surface area contributed by atoms with Crippen LogP contribution < -0.4 is 0 Å². The zero-order valence-corrected chi connectivity index (χ0v) is 32.8. The van der Waals surface area contributed by atoms with Crippen LogP contribution in [0.3, 0.4) is 0 Å². The Balaban J connectivity index is 1.13. The van der Waals surface area contributed by atoms with E-state index in [1.165, 1.54) is 0 Å². The Kier molecular flexibility index (Phi) is 11.4. The third-order valence-corrected chi connectivity index (χ3v) is 14.4. The van der Waals surface area contributed by atoms with Crippen LogP contribution in [0.1, 0.15) is 120 Å². The number of carboxylic acid groups (broad SMARTS) is 1. The van der Waals surface area contributed by atoms with Crippen molar-refractivity contribution in [2.24, 2.45) is 41.4 Å². The van der Waals surface area contributed by atoms with Crippen LogP contribution in [0.4, 0.5) is 0 Å². The van der Waals surface area contributed by atoms with Crippen molar-refractivity contribution in [3.05, 3.63) is 0 Å². The zero-order valence-electron chi connectivity index (χ0n) is 32.8. The number of rotatable bonds is 9. The maximum atomic E-state index is 11.8. The van der Waals surface area contributed by atoms with E-state index in [0.717, 1.165) is 51.4 Å². The molecule has 51 heavy (non-hydrogen) atoms. The van der Waals surface area contributed by atoms with E-state index < -0.39 is 41.3 Å². The van der Waals surface area contributed by atoms with Gasteiger partial charge in [-0.05, 0) is 83.5 Å². The number of aliphatic hydroxyl groups is 2. The highest BCUT2D eigenvalue weighted by Crippen LogP contribution is 2.57. The summed E-state index contributed by atoms with van der Waals surface area (Å²) in [5.74, 6) is -3.26. The van der Waals surface area contributed by atoms with Crippen LogP contribution in [0.5, 0.6) is 0 Å². The summed E-state index contributed by atoms with van der Waals surface area (Å²) in [6.07, 6.45) is 5.85. The van der Waals surface area contributed by atoms with Crippen molar-refractivity contribution in [1.82, 2.24) is 0 Å². The molecule has 1 spiro atoms. The van der Waals surface area contributed by atoms with Crippen molar-refractivity contribution < 1.29 is 53.3 Å². The normalized spacial score (nSPS) is 54.2. The van der Waals surface area contributed by atoms with Gasteiger partial charge < -0.3 is 48.5 Å². The lowest BCUT2D eigenvalue weighted by atomic mass is 9.78. The number of aliphatic hydroxyl groups excluding tert-OH is 1. The molecule has 0 aromatic heterocycles. The van der Waals surface area contributed by atoms with E-state index in [1.807, 2.05) is 6.92 Å². The maximum Gasteiger partial charge on any atom is 0.308 e. The Morgan fingerprint density at radius 3 is 2.25 bits per heavy atom. The van der Waals surface area contributed by atoms with Gasteiger partial charge in [0.2, 0.25) is 0 Å². The van der Waals surface area contributed by atoms with Gasteiger partial charge in [-0.2, -0.15) is 0 Å². The van der Waals surface area contributed by atoms with Crippen LogP contribution in [0.15, 0.2) is 0 Å². The number of hydrogen-bond donors (Lipinski definition) is 3. The van der Waals surface area contributed by atoms with Gasteiger partial charge in [-0.1, -0.05) is 41.5 Å². The first-order chi connectivity index (χ1) is 23.9. The predicted molar refractivity (Wildman–Crippen MR) is 189 cm³/mol. The van der Waals surface area contributed by atoms with Crippen molar-refractivity contribution in [1.29, 1.82) is 0 Å². The van der Waals surface area contributed by atoms with Gasteiger partial charge >= 0.3 is 5.97 Å². The van der Waals surface area contributed by atoms with Gasteiger partial charge in [-0.3, -0.25) is 4.79 Å². The highest BCUT2D eigenvalue weighted by Gasteiger charge is 2.65. The van der Waals surface area contributed by atoms with Crippen molar-refractivity contribution in [2.75, 3.05) is 13.7 Å². The first kappa shape index (κ1) is 39.8. The van der Waals surface area contributed by atoms with Gasteiger partial charge in [0, 0.05) is 37.7 Å². The van der Waals surface area contributed by atoms with Crippen molar-refractivity contribution in [3.63, 3.8) is 0 Å². The van der Waals surface area contributed by atoms with Crippen LogP contribution in [-0.2, 0) is 38.0 Å². The molecule has 0 amide bonds. The lowest BCUT2D eigenvalue weighted by Crippen LogP contribution is -2.58. The van der Waals surface area contributed by atoms with E-state index in [4.69, 9.17) is 33.2 Å². The van der Waals surface area contributed by atoms with Gasteiger partial charge in [0.15, 0.2) is 11.6 Å². The predicted octanol–water partition coefficient (Wildman–Crippen LogP) is 5.71. The SMILES string of the molecule is CO[C@@H]1C[C@@H](C[C@H]2CC[C@H](C)[C@H]([C@@H](C)C(=O)O)O2)O[C@]2(O[C@](C)([C@H]3CC[C@@](C)([C@H]4O[C@@H]([C@H]5O[C@@](O)(CO)[C@H](C)C[C@@H]5C)C[C@@H]4C)O3)C[C@H]2C)[C@@H]1C. The van der Waals surface area contributed by atoms with Crippen molar-refractivity contribution >= 4 is 5.97 Å². The van der Waals surface area contributed by atoms with Crippen molar-refractivity contribution in [2.45, 2.75) is 192 Å². The average Bonchev–Trinajstić information content (AvgIpc) is 3.75. The van der Waals surface area contributed by atoms with Crippen LogP contribution >= 0.6 is 0 Å². The first-order valence-electron chi connectivity index (χ1n) is 20.0. The molecule has 0 radical (unpaired) electrons. The molecule has 11 heteroatoms. The molecule has 0 aromatic carbocycles. The van der Waals surface area contributed by atoms with E-state index in [9.17, 15) is 20.1 Å². The molecule has 0 unspecified atom stereocenters. The Morgan fingerprint density at radius 1 is 0.863 bits per heavy atom. The number of carboxylic acids is 1. The van der Waals surface area contributed by atoms with Crippen LogP contribution in [0, 0.1) is 41.4 Å². The lowest BCUT2D eigenvalue weighted by Gasteiger charge is -2.50. The molecule has 0 bridgehead atoms. The zero-order chi connectivity index (χ0) is 37.3. The standard InChI is InChI=1S/C40H68O11/c1-21-11-12-28(46-33(21)26(6)36(42)43)17-29-18-30(45-10)27(7)40(48-29)25(5)19-38(9,51-40)32-13-14-37(8,49-32)35-23(3)16-31(47-35)34-22(2)15-24(4)39(44,20-41)50-34/h21-35,41,44H,11-20H2,1-10H3,(H,42,43)/t21-,22-,23-,24+,25+,26+,27+,28+,29+,30+,31+,32+,33+,34-,35-,37-,38-,39-,40+/m0/s1. The highest BCUT2D eigenvalue weighted by atomic mass is 16.7. The summed E-state index contributed by atoms with van der Waals surface area (Å²) in [6.45, 7) is 18.4.